The Bertz CT molecular complexity index is 301. The molecular weight excluding hydrogens is 220 g/mol. The van der Waals surface area contributed by atoms with Crippen LogP contribution in [-0.4, -0.2) is 35.7 Å². The molecule has 1 N–H and O–H groups in total. The molecule has 1 aliphatic rings. The lowest BCUT2D eigenvalue weighted by atomic mass is 10.0. The molecule has 88 valence electrons. The van der Waals surface area contributed by atoms with Gasteiger partial charge in [-0.05, 0) is 18.2 Å². The third kappa shape index (κ3) is 2.97. The summed E-state index contributed by atoms with van der Waals surface area (Å²) in [7, 11) is 0. The van der Waals surface area contributed by atoms with Gasteiger partial charge in [0, 0.05) is 23.9 Å². The summed E-state index contributed by atoms with van der Waals surface area (Å²) in [4.78, 5) is 4.18. The Morgan fingerprint density at radius 3 is 3.25 bits per heavy atom. The molecule has 2 rings (SSSR count). The van der Waals surface area contributed by atoms with Crippen molar-refractivity contribution >= 4 is 11.8 Å². The second-order valence-corrected chi connectivity index (χ2v) is 4.96. The van der Waals surface area contributed by atoms with Gasteiger partial charge in [-0.3, -0.25) is 4.98 Å². The minimum Gasteiger partial charge on any atom is -0.375 e. The van der Waals surface area contributed by atoms with Crippen molar-refractivity contribution in [2.75, 3.05) is 24.7 Å². The lowest BCUT2D eigenvalue weighted by Crippen LogP contribution is -2.38. The number of pyridine rings is 1. The minimum absolute atomic E-state index is 0.267. The van der Waals surface area contributed by atoms with E-state index < -0.39 is 0 Å². The molecule has 1 aromatic heterocycles. The number of nitrogens with one attached hydrogen (secondary N) is 1. The summed E-state index contributed by atoms with van der Waals surface area (Å²) in [5, 5.41) is 3.49. The van der Waals surface area contributed by atoms with Crippen LogP contribution in [0.5, 0.6) is 0 Å². The minimum atomic E-state index is 0.267. The summed E-state index contributed by atoms with van der Waals surface area (Å²) >= 11 is 1.97. The molecule has 2 heterocycles. The van der Waals surface area contributed by atoms with Gasteiger partial charge in [0.05, 0.1) is 18.8 Å². The van der Waals surface area contributed by atoms with Gasteiger partial charge in [0.25, 0.3) is 0 Å². The molecule has 0 radical (unpaired) electrons. The van der Waals surface area contributed by atoms with E-state index in [0.29, 0.717) is 0 Å². The number of ether oxygens (including phenoxy) is 1. The monoisotopic (exact) mass is 238 g/mol. The highest BCUT2D eigenvalue weighted by atomic mass is 32.2. The third-order valence-corrected chi connectivity index (χ3v) is 3.70. The first-order valence-electron chi connectivity index (χ1n) is 5.74. The molecule has 0 aromatic carbocycles. The Hall–Kier alpha value is -0.580. The van der Waals surface area contributed by atoms with Crippen molar-refractivity contribution in [1.29, 1.82) is 0 Å². The molecule has 0 amide bonds. The molecular formula is C12H18N2OS. The van der Waals surface area contributed by atoms with E-state index >= 15 is 0 Å². The predicted molar refractivity (Wildman–Crippen MR) is 67.7 cm³/mol. The van der Waals surface area contributed by atoms with Gasteiger partial charge in [-0.2, -0.15) is 11.8 Å². The molecule has 1 aliphatic heterocycles. The highest BCUT2D eigenvalue weighted by molar-refractivity contribution is 7.99. The summed E-state index contributed by atoms with van der Waals surface area (Å²) in [5.74, 6) is 2.18. The SMILES string of the molecule is CCNC(c1cccnc1)C1CSCCO1. The van der Waals surface area contributed by atoms with Gasteiger partial charge in [-0.15, -0.1) is 0 Å². The molecule has 0 saturated carbocycles. The highest BCUT2D eigenvalue weighted by Gasteiger charge is 2.25. The number of aromatic nitrogens is 1. The van der Waals surface area contributed by atoms with Crippen LogP contribution in [0.25, 0.3) is 0 Å². The van der Waals surface area contributed by atoms with E-state index in [-0.39, 0.29) is 12.1 Å². The molecule has 1 fully saturated rings. The lowest BCUT2D eigenvalue weighted by molar-refractivity contribution is 0.0471. The van der Waals surface area contributed by atoms with Crippen LogP contribution < -0.4 is 5.32 Å². The van der Waals surface area contributed by atoms with E-state index in [1.165, 1.54) is 5.56 Å². The van der Waals surface area contributed by atoms with Gasteiger partial charge >= 0.3 is 0 Å². The van der Waals surface area contributed by atoms with E-state index in [2.05, 4.69) is 23.3 Å². The fourth-order valence-corrected chi connectivity index (χ4v) is 2.84. The fourth-order valence-electron chi connectivity index (χ4n) is 1.94. The van der Waals surface area contributed by atoms with Crippen LogP contribution in [0, 0.1) is 0 Å². The van der Waals surface area contributed by atoms with Gasteiger partial charge in [0.2, 0.25) is 0 Å². The second kappa shape index (κ2) is 6.23. The molecule has 16 heavy (non-hydrogen) atoms. The van der Waals surface area contributed by atoms with Crippen molar-refractivity contribution in [2.24, 2.45) is 0 Å². The summed E-state index contributed by atoms with van der Waals surface area (Å²) < 4.78 is 5.84. The van der Waals surface area contributed by atoms with Gasteiger partial charge in [0.15, 0.2) is 0 Å². The van der Waals surface area contributed by atoms with Crippen molar-refractivity contribution in [1.82, 2.24) is 10.3 Å². The van der Waals surface area contributed by atoms with Crippen molar-refractivity contribution in [3.8, 4) is 0 Å². The maximum atomic E-state index is 5.84. The molecule has 1 saturated heterocycles. The molecule has 4 heteroatoms. The first-order valence-corrected chi connectivity index (χ1v) is 6.90. The number of hydrogen-bond donors (Lipinski definition) is 1. The Morgan fingerprint density at radius 1 is 1.69 bits per heavy atom. The summed E-state index contributed by atoms with van der Waals surface area (Å²) in [6.45, 7) is 3.93. The van der Waals surface area contributed by atoms with Crippen LogP contribution in [0.15, 0.2) is 24.5 Å². The van der Waals surface area contributed by atoms with Crippen LogP contribution >= 0.6 is 11.8 Å². The maximum absolute atomic E-state index is 5.84. The third-order valence-electron chi connectivity index (χ3n) is 2.68. The van der Waals surface area contributed by atoms with E-state index in [0.717, 1.165) is 24.7 Å². The normalized spacial score (nSPS) is 22.9. The van der Waals surface area contributed by atoms with Crippen LogP contribution in [0.1, 0.15) is 18.5 Å². The molecule has 0 bridgehead atoms. The predicted octanol–water partition coefficient (Wildman–Crippen LogP) is 1.86. The number of nitrogens with zero attached hydrogens (tertiary/aromatic N) is 1. The van der Waals surface area contributed by atoms with E-state index in [1.54, 1.807) is 0 Å². The zero-order valence-electron chi connectivity index (χ0n) is 9.56. The Kier molecular flexibility index (Phi) is 4.63. The van der Waals surface area contributed by atoms with E-state index in [9.17, 15) is 0 Å². The summed E-state index contributed by atoms with van der Waals surface area (Å²) in [6, 6.07) is 4.37. The summed E-state index contributed by atoms with van der Waals surface area (Å²) in [6.07, 6.45) is 4.00. The smallest absolute Gasteiger partial charge is 0.0860 e. The van der Waals surface area contributed by atoms with Gasteiger partial charge < -0.3 is 10.1 Å². The standard InChI is InChI=1S/C12H18N2OS/c1-2-14-12(10-4-3-5-13-8-10)11-9-16-7-6-15-11/h3-5,8,11-12,14H,2,6-7,9H2,1H3. The Morgan fingerprint density at radius 2 is 2.62 bits per heavy atom. The largest absolute Gasteiger partial charge is 0.375 e. The van der Waals surface area contributed by atoms with Crippen LogP contribution in [0.3, 0.4) is 0 Å². The van der Waals surface area contributed by atoms with Crippen molar-refractivity contribution < 1.29 is 4.74 Å². The number of hydrogen-bond acceptors (Lipinski definition) is 4. The van der Waals surface area contributed by atoms with Gasteiger partial charge in [-0.1, -0.05) is 13.0 Å². The summed E-state index contributed by atoms with van der Waals surface area (Å²) in [5.41, 5.74) is 1.22. The van der Waals surface area contributed by atoms with Crippen LogP contribution in [0.2, 0.25) is 0 Å². The van der Waals surface area contributed by atoms with Crippen molar-refractivity contribution in [3.05, 3.63) is 30.1 Å². The number of rotatable bonds is 4. The zero-order valence-corrected chi connectivity index (χ0v) is 10.4. The molecule has 0 spiro atoms. The maximum Gasteiger partial charge on any atom is 0.0860 e. The van der Waals surface area contributed by atoms with E-state index in [4.69, 9.17) is 4.74 Å². The Balaban J connectivity index is 2.09. The highest BCUT2D eigenvalue weighted by Crippen LogP contribution is 2.24. The first kappa shape index (κ1) is 11.9. The quantitative estimate of drug-likeness (QED) is 0.868. The van der Waals surface area contributed by atoms with Crippen molar-refractivity contribution in [2.45, 2.75) is 19.1 Å². The zero-order chi connectivity index (χ0) is 11.2. The average Bonchev–Trinajstić information content (AvgIpc) is 2.38. The molecule has 2 atom stereocenters. The average molecular weight is 238 g/mol. The second-order valence-electron chi connectivity index (χ2n) is 3.81. The molecule has 3 nitrogen and oxygen atoms in total. The number of thioether (sulfide) groups is 1. The van der Waals surface area contributed by atoms with E-state index in [1.807, 2.05) is 30.2 Å². The molecule has 1 aromatic rings. The van der Waals surface area contributed by atoms with Crippen LogP contribution in [0.4, 0.5) is 0 Å². The topological polar surface area (TPSA) is 34.2 Å². The molecule has 2 unspecified atom stereocenters. The lowest BCUT2D eigenvalue weighted by Gasteiger charge is -2.30. The van der Waals surface area contributed by atoms with Crippen molar-refractivity contribution in [3.63, 3.8) is 0 Å². The first-order chi connectivity index (χ1) is 7.92. The number of likely N-dealkylation sites (N-methyl/N-ethyl adjacent to an activating group) is 1. The Labute approximate surface area is 101 Å². The fraction of sp³-hybridized carbons (Fsp3) is 0.583. The van der Waals surface area contributed by atoms with Gasteiger partial charge in [-0.25, -0.2) is 0 Å². The molecule has 0 aliphatic carbocycles. The van der Waals surface area contributed by atoms with Gasteiger partial charge in [0.1, 0.15) is 0 Å². The van der Waals surface area contributed by atoms with Crippen LogP contribution in [-0.2, 0) is 4.74 Å².